The average Bonchev–Trinajstić information content (AvgIpc) is 2.78. The van der Waals surface area contributed by atoms with Gasteiger partial charge in [-0.05, 0) is 29.1 Å². The van der Waals surface area contributed by atoms with Crippen LogP contribution in [0, 0.1) is 6.92 Å². The molecule has 0 spiro atoms. The van der Waals surface area contributed by atoms with Crippen molar-refractivity contribution >= 4 is 23.1 Å². The summed E-state index contributed by atoms with van der Waals surface area (Å²) < 4.78 is 2.64. The van der Waals surface area contributed by atoms with Crippen molar-refractivity contribution in [1.82, 2.24) is 25.2 Å². The summed E-state index contributed by atoms with van der Waals surface area (Å²) in [6.45, 7) is 6.28. The van der Waals surface area contributed by atoms with Crippen molar-refractivity contribution in [3.05, 3.63) is 23.7 Å². The number of thiazole rings is 1. The van der Waals surface area contributed by atoms with E-state index in [0.29, 0.717) is 6.54 Å². The van der Waals surface area contributed by atoms with Gasteiger partial charge in [0.25, 0.3) is 0 Å². The Bertz CT molecular complexity index is 461. The first kappa shape index (κ1) is 10.3. The van der Waals surface area contributed by atoms with Crippen LogP contribution in [0.5, 0.6) is 0 Å². The number of allylic oxidation sites excluding steroid dienone is 1. The number of aromatic nitrogens is 5. The molecule has 0 saturated heterocycles. The van der Waals surface area contributed by atoms with Crippen LogP contribution in [0.25, 0.3) is 0 Å². The Kier molecular flexibility index (Phi) is 3.12. The lowest BCUT2D eigenvalue weighted by Crippen LogP contribution is -1.99. The van der Waals surface area contributed by atoms with Gasteiger partial charge in [0.2, 0.25) is 5.16 Å². The standard InChI is InChI=1S/C8H9N5S2/c1-3-4-13-7(10-11-12-13)15-8-9-5-6(2)14-8/h3,5H,1,4H2,2H3. The topological polar surface area (TPSA) is 56.5 Å². The van der Waals surface area contributed by atoms with Crippen molar-refractivity contribution in [1.29, 1.82) is 0 Å². The highest BCUT2D eigenvalue weighted by molar-refractivity contribution is 8.00. The first-order chi connectivity index (χ1) is 7.29. The highest BCUT2D eigenvalue weighted by Gasteiger charge is 2.09. The Balaban J connectivity index is 2.16. The van der Waals surface area contributed by atoms with Crippen LogP contribution < -0.4 is 0 Å². The lowest BCUT2D eigenvalue weighted by atomic mass is 10.6. The molecule has 0 aliphatic carbocycles. The van der Waals surface area contributed by atoms with E-state index in [4.69, 9.17) is 0 Å². The Labute approximate surface area is 95.2 Å². The molecule has 2 rings (SSSR count). The van der Waals surface area contributed by atoms with Crippen molar-refractivity contribution in [2.45, 2.75) is 23.0 Å². The maximum Gasteiger partial charge on any atom is 0.216 e. The molecular weight excluding hydrogens is 230 g/mol. The summed E-state index contributed by atoms with van der Waals surface area (Å²) in [5.74, 6) is 0. The van der Waals surface area contributed by atoms with Crippen molar-refractivity contribution in [2.75, 3.05) is 0 Å². The van der Waals surface area contributed by atoms with Crippen LogP contribution in [0.2, 0.25) is 0 Å². The fourth-order valence-electron chi connectivity index (χ4n) is 0.966. The Morgan fingerprint density at radius 3 is 3.20 bits per heavy atom. The van der Waals surface area contributed by atoms with Gasteiger partial charge in [-0.15, -0.1) is 23.0 Å². The SMILES string of the molecule is C=CCn1nnnc1Sc1ncc(C)s1. The Hall–Kier alpha value is -1.21. The molecule has 0 atom stereocenters. The van der Waals surface area contributed by atoms with E-state index < -0.39 is 0 Å². The molecule has 7 heteroatoms. The van der Waals surface area contributed by atoms with Crippen LogP contribution in [-0.4, -0.2) is 25.2 Å². The maximum absolute atomic E-state index is 4.24. The third-order valence-corrected chi connectivity index (χ3v) is 3.54. The summed E-state index contributed by atoms with van der Waals surface area (Å²) in [5, 5.41) is 12.1. The van der Waals surface area contributed by atoms with Gasteiger partial charge in [0.05, 0.1) is 6.54 Å². The monoisotopic (exact) mass is 239 g/mol. The molecule has 5 nitrogen and oxygen atoms in total. The second-order valence-electron chi connectivity index (χ2n) is 2.77. The summed E-state index contributed by atoms with van der Waals surface area (Å²) in [4.78, 5) is 5.42. The number of tetrazole rings is 1. The third-order valence-electron chi connectivity index (χ3n) is 1.58. The van der Waals surface area contributed by atoms with E-state index in [1.807, 2.05) is 13.1 Å². The predicted molar refractivity (Wildman–Crippen MR) is 59.0 cm³/mol. The smallest absolute Gasteiger partial charge is 0.216 e. The fourth-order valence-corrected chi connectivity index (χ4v) is 2.79. The molecule has 0 saturated carbocycles. The molecule has 0 fully saturated rings. The molecule has 0 N–H and O–H groups in total. The summed E-state index contributed by atoms with van der Waals surface area (Å²) in [6, 6.07) is 0. The minimum atomic E-state index is 0.611. The number of hydrogen-bond donors (Lipinski definition) is 0. The van der Waals surface area contributed by atoms with Crippen LogP contribution >= 0.6 is 23.1 Å². The molecular formula is C8H9N5S2. The molecule has 0 aliphatic heterocycles. The molecule has 0 aliphatic rings. The first-order valence-electron chi connectivity index (χ1n) is 4.27. The van der Waals surface area contributed by atoms with Gasteiger partial charge in [0, 0.05) is 11.1 Å². The Morgan fingerprint density at radius 1 is 1.67 bits per heavy atom. The van der Waals surface area contributed by atoms with Gasteiger partial charge in [0.15, 0.2) is 4.34 Å². The molecule has 2 aromatic heterocycles. The summed E-state index contributed by atoms with van der Waals surface area (Å²) in [5.41, 5.74) is 0. The van der Waals surface area contributed by atoms with Gasteiger partial charge in [0.1, 0.15) is 0 Å². The van der Waals surface area contributed by atoms with Crippen molar-refractivity contribution in [3.63, 3.8) is 0 Å². The zero-order chi connectivity index (χ0) is 10.7. The van der Waals surface area contributed by atoms with E-state index >= 15 is 0 Å². The minimum Gasteiger partial charge on any atom is -0.237 e. The lowest BCUT2D eigenvalue weighted by molar-refractivity contribution is 0.614. The normalized spacial score (nSPS) is 10.5. The quantitative estimate of drug-likeness (QED) is 0.761. The van der Waals surface area contributed by atoms with E-state index in [2.05, 4.69) is 27.1 Å². The van der Waals surface area contributed by atoms with Gasteiger partial charge in [-0.2, -0.15) is 0 Å². The van der Waals surface area contributed by atoms with Gasteiger partial charge in [-0.25, -0.2) is 9.67 Å². The van der Waals surface area contributed by atoms with E-state index in [0.717, 1.165) is 9.50 Å². The maximum atomic E-state index is 4.24. The largest absolute Gasteiger partial charge is 0.237 e. The van der Waals surface area contributed by atoms with Crippen LogP contribution in [0.15, 0.2) is 28.3 Å². The van der Waals surface area contributed by atoms with E-state index in [9.17, 15) is 0 Å². The highest BCUT2D eigenvalue weighted by atomic mass is 32.2. The first-order valence-corrected chi connectivity index (χ1v) is 5.90. The molecule has 2 aromatic rings. The summed E-state index contributed by atoms with van der Waals surface area (Å²) >= 11 is 3.10. The summed E-state index contributed by atoms with van der Waals surface area (Å²) in [7, 11) is 0. The number of aryl methyl sites for hydroxylation is 1. The van der Waals surface area contributed by atoms with Crippen LogP contribution in [0.1, 0.15) is 4.88 Å². The van der Waals surface area contributed by atoms with Crippen molar-refractivity contribution in [2.24, 2.45) is 0 Å². The van der Waals surface area contributed by atoms with Gasteiger partial charge in [-0.3, -0.25) is 0 Å². The molecule has 0 amide bonds. The molecule has 0 radical (unpaired) electrons. The van der Waals surface area contributed by atoms with Gasteiger partial charge >= 0.3 is 0 Å². The third kappa shape index (κ3) is 2.42. The molecule has 0 unspecified atom stereocenters. The predicted octanol–water partition coefficient (Wildman–Crippen LogP) is 1.78. The van der Waals surface area contributed by atoms with Crippen molar-refractivity contribution in [3.8, 4) is 0 Å². The molecule has 0 bridgehead atoms. The number of rotatable bonds is 4. The van der Waals surface area contributed by atoms with Crippen LogP contribution in [0.3, 0.4) is 0 Å². The average molecular weight is 239 g/mol. The molecule has 2 heterocycles. The van der Waals surface area contributed by atoms with E-state index in [-0.39, 0.29) is 0 Å². The minimum absolute atomic E-state index is 0.611. The zero-order valence-corrected chi connectivity index (χ0v) is 9.75. The van der Waals surface area contributed by atoms with Gasteiger partial charge in [-0.1, -0.05) is 6.08 Å². The lowest BCUT2D eigenvalue weighted by Gasteiger charge is -1.97. The number of hydrogen-bond acceptors (Lipinski definition) is 6. The fraction of sp³-hybridized carbons (Fsp3) is 0.250. The van der Waals surface area contributed by atoms with Gasteiger partial charge < -0.3 is 0 Å². The molecule has 78 valence electrons. The summed E-state index contributed by atoms with van der Waals surface area (Å²) in [6.07, 6.45) is 3.60. The second kappa shape index (κ2) is 4.54. The molecule has 15 heavy (non-hydrogen) atoms. The highest BCUT2D eigenvalue weighted by Crippen LogP contribution is 2.28. The van der Waals surface area contributed by atoms with E-state index in [1.54, 1.807) is 22.1 Å². The van der Waals surface area contributed by atoms with Crippen molar-refractivity contribution < 1.29 is 0 Å². The van der Waals surface area contributed by atoms with E-state index in [1.165, 1.54) is 16.6 Å². The molecule has 0 aromatic carbocycles. The Morgan fingerprint density at radius 2 is 2.53 bits per heavy atom. The van der Waals surface area contributed by atoms with Crippen LogP contribution in [-0.2, 0) is 6.54 Å². The second-order valence-corrected chi connectivity index (χ2v) is 5.22. The number of nitrogens with zero attached hydrogens (tertiary/aromatic N) is 5. The van der Waals surface area contributed by atoms with Crippen LogP contribution in [0.4, 0.5) is 0 Å². The zero-order valence-electron chi connectivity index (χ0n) is 8.12.